The molecule has 3 rings (SSSR count). The van der Waals surface area contributed by atoms with Crippen LogP contribution in [0, 0.1) is 13.8 Å². The van der Waals surface area contributed by atoms with Crippen molar-refractivity contribution in [1.82, 2.24) is 10.5 Å². The van der Waals surface area contributed by atoms with Gasteiger partial charge in [0.2, 0.25) is 5.91 Å². The number of rotatable bonds is 5. The molecule has 1 atom stereocenters. The highest BCUT2D eigenvalue weighted by Gasteiger charge is 2.22. The molecule has 6 heteroatoms. The molecule has 1 aromatic carbocycles. The van der Waals surface area contributed by atoms with Gasteiger partial charge in [0.1, 0.15) is 5.76 Å². The minimum absolute atomic E-state index is 0.0708. The molecular formula is C18H23N3O2S. The number of benzene rings is 1. The molecule has 3 N–H and O–H groups in total. The van der Waals surface area contributed by atoms with Crippen LogP contribution in [0.4, 0.5) is 5.69 Å². The molecule has 0 spiro atoms. The van der Waals surface area contributed by atoms with E-state index in [4.69, 9.17) is 10.3 Å². The van der Waals surface area contributed by atoms with Crippen molar-refractivity contribution in [3.8, 4) is 0 Å². The van der Waals surface area contributed by atoms with Crippen LogP contribution in [-0.4, -0.2) is 16.8 Å². The molecule has 0 saturated carbocycles. The molecule has 0 saturated heterocycles. The van der Waals surface area contributed by atoms with Gasteiger partial charge in [-0.2, -0.15) is 0 Å². The first kappa shape index (κ1) is 16.9. The molecule has 1 heterocycles. The number of thioether (sulfide) groups is 1. The molecule has 24 heavy (non-hydrogen) atoms. The van der Waals surface area contributed by atoms with Crippen molar-refractivity contribution in [2.75, 3.05) is 11.5 Å². The zero-order valence-corrected chi connectivity index (χ0v) is 14.9. The van der Waals surface area contributed by atoms with Crippen LogP contribution in [0.5, 0.6) is 0 Å². The molecular weight excluding hydrogens is 322 g/mol. The molecule has 1 aliphatic rings. The van der Waals surface area contributed by atoms with Crippen LogP contribution in [0.1, 0.15) is 47.0 Å². The van der Waals surface area contributed by atoms with Gasteiger partial charge in [0.05, 0.1) is 17.5 Å². The summed E-state index contributed by atoms with van der Waals surface area (Å²) in [4.78, 5) is 12.3. The highest BCUT2D eigenvalue weighted by atomic mass is 32.2. The number of anilines is 1. The summed E-state index contributed by atoms with van der Waals surface area (Å²) in [6.07, 6.45) is 3.10. The van der Waals surface area contributed by atoms with Crippen LogP contribution in [0.2, 0.25) is 0 Å². The van der Waals surface area contributed by atoms with Gasteiger partial charge in [-0.15, -0.1) is 11.8 Å². The Morgan fingerprint density at radius 3 is 3.04 bits per heavy atom. The Hall–Kier alpha value is -1.95. The van der Waals surface area contributed by atoms with E-state index in [1.807, 2.05) is 32.0 Å². The van der Waals surface area contributed by atoms with Crippen LogP contribution in [0.3, 0.4) is 0 Å². The van der Waals surface area contributed by atoms with Gasteiger partial charge in [-0.3, -0.25) is 4.79 Å². The second kappa shape index (κ2) is 7.30. The maximum absolute atomic E-state index is 12.3. The van der Waals surface area contributed by atoms with E-state index in [-0.39, 0.29) is 11.9 Å². The molecule has 0 bridgehead atoms. The van der Waals surface area contributed by atoms with Gasteiger partial charge >= 0.3 is 0 Å². The number of nitrogens with zero attached hydrogens (tertiary/aromatic N) is 1. The van der Waals surface area contributed by atoms with E-state index in [0.717, 1.165) is 47.7 Å². The third kappa shape index (κ3) is 3.75. The van der Waals surface area contributed by atoms with Crippen molar-refractivity contribution in [3.63, 3.8) is 0 Å². The van der Waals surface area contributed by atoms with Crippen molar-refractivity contribution in [2.24, 2.45) is 0 Å². The first-order chi connectivity index (χ1) is 11.5. The Morgan fingerprint density at radius 2 is 2.29 bits per heavy atom. The van der Waals surface area contributed by atoms with E-state index in [2.05, 4.69) is 10.5 Å². The number of hydrogen-bond acceptors (Lipinski definition) is 5. The van der Waals surface area contributed by atoms with Crippen LogP contribution < -0.4 is 11.1 Å². The van der Waals surface area contributed by atoms with Gasteiger partial charge in [0, 0.05) is 17.0 Å². The molecule has 2 aromatic rings. The lowest BCUT2D eigenvalue weighted by Gasteiger charge is -2.26. The second-order valence-electron chi connectivity index (χ2n) is 6.27. The van der Waals surface area contributed by atoms with Crippen molar-refractivity contribution in [2.45, 2.75) is 44.9 Å². The first-order valence-corrected chi connectivity index (χ1v) is 9.37. The third-order valence-corrected chi connectivity index (χ3v) is 5.44. The molecule has 1 amide bonds. The van der Waals surface area contributed by atoms with Crippen LogP contribution in [0.15, 0.2) is 22.7 Å². The maximum atomic E-state index is 12.3. The Kier molecular flexibility index (Phi) is 5.14. The summed E-state index contributed by atoms with van der Waals surface area (Å²) in [5.41, 5.74) is 11.1. The predicted molar refractivity (Wildman–Crippen MR) is 96.8 cm³/mol. The summed E-state index contributed by atoms with van der Waals surface area (Å²) in [7, 11) is 0. The van der Waals surface area contributed by atoms with Crippen LogP contribution in [-0.2, 0) is 17.0 Å². The largest absolute Gasteiger partial charge is 0.399 e. The lowest BCUT2D eigenvalue weighted by Crippen LogP contribution is -2.32. The van der Waals surface area contributed by atoms with Crippen molar-refractivity contribution >= 4 is 23.4 Å². The van der Waals surface area contributed by atoms with Crippen molar-refractivity contribution in [1.29, 1.82) is 0 Å². The fraction of sp³-hybridized carbons (Fsp3) is 0.444. The molecule has 1 aliphatic carbocycles. The van der Waals surface area contributed by atoms with Gasteiger partial charge < -0.3 is 15.6 Å². The number of nitrogens with two attached hydrogens (primary N) is 1. The number of carbonyl (C=O) groups excluding carboxylic acids is 1. The molecule has 0 fully saturated rings. The Balaban J connectivity index is 1.55. The monoisotopic (exact) mass is 345 g/mol. The summed E-state index contributed by atoms with van der Waals surface area (Å²) in [5.74, 6) is 2.08. The molecule has 5 nitrogen and oxygen atoms in total. The minimum atomic E-state index is 0.0708. The Bertz CT molecular complexity index is 722. The lowest BCUT2D eigenvalue weighted by atomic mass is 9.87. The standard InChI is InChI=1S/C18H23N3O2S/c1-11-16(12(2)23-21-11)9-24-10-18(22)20-17-5-3-4-13-8-14(19)6-7-15(13)17/h6-8,17H,3-5,9-10,19H2,1-2H3,(H,20,22). The molecule has 0 aliphatic heterocycles. The van der Waals surface area contributed by atoms with E-state index >= 15 is 0 Å². The zero-order chi connectivity index (χ0) is 17.1. The topological polar surface area (TPSA) is 81.2 Å². The summed E-state index contributed by atoms with van der Waals surface area (Å²) in [6, 6.07) is 6.09. The van der Waals surface area contributed by atoms with Gasteiger partial charge in [-0.05, 0) is 56.4 Å². The number of aromatic nitrogens is 1. The number of fused-ring (bicyclic) bond motifs is 1. The third-order valence-electron chi connectivity index (χ3n) is 4.48. The summed E-state index contributed by atoms with van der Waals surface area (Å²) >= 11 is 1.59. The number of aryl methyl sites for hydroxylation is 3. The maximum Gasteiger partial charge on any atom is 0.230 e. The second-order valence-corrected chi connectivity index (χ2v) is 7.25. The average Bonchev–Trinajstić information content (AvgIpc) is 2.86. The van der Waals surface area contributed by atoms with E-state index in [1.165, 1.54) is 11.1 Å². The number of hydrogen-bond donors (Lipinski definition) is 2. The number of nitrogens with one attached hydrogen (secondary N) is 1. The van der Waals surface area contributed by atoms with E-state index in [0.29, 0.717) is 5.75 Å². The van der Waals surface area contributed by atoms with Gasteiger partial charge in [-0.1, -0.05) is 11.2 Å². The number of nitrogen functional groups attached to an aromatic ring is 1. The minimum Gasteiger partial charge on any atom is -0.399 e. The number of carbonyl (C=O) groups is 1. The van der Waals surface area contributed by atoms with E-state index in [1.54, 1.807) is 11.8 Å². The van der Waals surface area contributed by atoms with Crippen molar-refractivity contribution < 1.29 is 9.32 Å². The predicted octanol–water partition coefficient (Wildman–Crippen LogP) is 3.30. The fourth-order valence-corrected chi connectivity index (χ4v) is 4.16. The summed E-state index contributed by atoms with van der Waals surface area (Å²) < 4.78 is 5.15. The molecule has 1 unspecified atom stereocenters. The van der Waals surface area contributed by atoms with Gasteiger partial charge in [0.15, 0.2) is 0 Å². The van der Waals surface area contributed by atoms with Crippen LogP contribution in [0.25, 0.3) is 0 Å². The van der Waals surface area contributed by atoms with Crippen molar-refractivity contribution in [3.05, 3.63) is 46.3 Å². The van der Waals surface area contributed by atoms with Gasteiger partial charge in [0.25, 0.3) is 0 Å². The normalized spacial score (nSPS) is 16.7. The van der Waals surface area contributed by atoms with Gasteiger partial charge in [-0.25, -0.2) is 0 Å². The zero-order valence-electron chi connectivity index (χ0n) is 14.1. The summed E-state index contributed by atoms with van der Waals surface area (Å²) in [6.45, 7) is 3.83. The summed E-state index contributed by atoms with van der Waals surface area (Å²) in [5, 5.41) is 7.10. The van der Waals surface area contributed by atoms with E-state index < -0.39 is 0 Å². The molecule has 1 aromatic heterocycles. The molecule has 128 valence electrons. The van der Waals surface area contributed by atoms with E-state index in [9.17, 15) is 4.79 Å². The fourth-order valence-electron chi connectivity index (χ4n) is 3.17. The number of amides is 1. The SMILES string of the molecule is Cc1noc(C)c1CSCC(=O)NC1CCCc2cc(N)ccc21. The molecule has 0 radical (unpaired) electrons. The van der Waals surface area contributed by atoms with Crippen LogP contribution >= 0.6 is 11.8 Å². The smallest absolute Gasteiger partial charge is 0.230 e. The highest BCUT2D eigenvalue weighted by molar-refractivity contribution is 7.99. The first-order valence-electron chi connectivity index (χ1n) is 8.21. The Labute approximate surface area is 146 Å². The Morgan fingerprint density at radius 1 is 1.46 bits per heavy atom. The highest BCUT2D eigenvalue weighted by Crippen LogP contribution is 2.31. The average molecular weight is 345 g/mol. The quantitative estimate of drug-likeness (QED) is 0.813. The lowest BCUT2D eigenvalue weighted by molar-refractivity contribution is -0.119.